The molecule has 0 bridgehead atoms. The molecular formula is C120H82N4. The van der Waals surface area contributed by atoms with Crippen LogP contribution < -0.4 is 14.7 Å². The summed E-state index contributed by atoms with van der Waals surface area (Å²) in [6, 6.07) is 170. The molecule has 4 heteroatoms. The van der Waals surface area contributed by atoms with E-state index in [-0.39, 0.29) is 12.0 Å². The van der Waals surface area contributed by atoms with Crippen molar-refractivity contribution in [2.45, 2.75) is 12.0 Å². The van der Waals surface area contributed by atoms with Crippen LogP contribution in [0.2, 0.25) is 0 Å². The van der Waals surface area contributed by atoms with Crippen LogP contribution in [0.4, 0.5) is 45.5 Å². The molecule has 2 aliphatic rings. The fraction of sp³-hybridized carbons (Fsp3) is 0.0167. The minimum atomic E-state index is 0.186. The van der Waals surface area contributed by atoms with E-state index in [1.807, 2.05) is 0 Å². The Morgan fingerprint density at radius 3 is 1.24 bits per heavy atom. The second-order valence-corrected chi connectivity index (χ2v) is 32.6. The van der Waals surface area contributed by atoms with E-state index >= 15 is 0 Å². The van der Waals surface area contributed by atoms with E-state index in [0.29, 0.717) is 0 Å². The van der Waals surface area contributed by atoms with E-state index < -0.39 is 0 Å². The zero-order chi connectivity index (χ0) is 82.0. The molecule has 0 radical (unpaired) electrons. The van der Waals surface area contributed by atoms with E-state index in [4.69, 9.17) is 0 Å². The van der Waals surface area contributed by atoms with E-state index in [9.17, 15) is 0 Å². The first-order chi connectivity index (χ1) is 61.5. The number of para-hydroxylation sites is 5. The highest BCUT2D eigenvalue weighted by Crippen LogP contribution is 2.52. The van der Waals surface area contributed by atoms with Crippen LogP contribution in [0.25, 0.3) is 160 Å². The van der Waals surface area contributed by atoms with Gasteiger partial charge < -0.3 is 19.3 Å². The average molecular weight is 1580 g/mol. The van der Waals surface area contributed by atoms with Crippen LogP contribution in [0, 0.1) is 0 Å². The van der Waals surface area contributed by atoms with Crippen molar-refractivity contribution in [3.63, 3.8) is 0 Å². The largest absolute Gasteiger partial charge is 0.333 e. The van der Waals surface area contributed by atoms with Gasteiger partial charge in [-0.05, 0) is 237 Å². The Labute approximate surface area is 722 Å². The van der Waals surface area contributed by atoms with Crippen molar-refractivity contribution in [3.05, 3.63) is 491 Å². The van der Waals surface area contributed by atoms with Gasteiger partial charge >= 0.3 is 0 Å². The molecule has 124 heavy (non-hydrogen) atoms. The van der Waals surface area contributed by atoms with Crippen LogP contribution >= 0.6 is 0 Å². The molecule has 2 unspecified atom stereocenters. The number of rotatable bonds is 17. The van der Waals surface area contributed by atoms with Gasteiger partial charge in [-0.25, -0.2) is 0 Å². The molecule has 0 N–H and O–H groups in total. The highest BCUT2D eigenvalue weighted by atomic mass is 15.2. The third-order valence-electron chi connectivity index (χ3n) is 25.5. The molecule has 21 aromatic rings. The number of hydrogen-bond donors (Lipinski definition) is 0. The minimum absolute atomic E-state index is 0.186. The number of fused-ring (bicyclic) bond motifs is 10. The van der Waals surface area contributed by atoms with Crippen LogP contribution in [0.3, 0.4) is 0 Å². The number of aromatic nitrogens is 1. The summed E-state index contributed by atoms with van der Waals surface area (Å²) in [4.78, 5) is 7.39. The van der Waals surface area contributed by atoms with Crippen LogP contribution in [0.1, 0.15) is 11.5 Å². The maximum atomic E-state index is 2.55. The maximum absolute atomic E-state index is 2.55. The van der Waals surface area contributed by atoms with Gasteiger partial charge in [0, 0.05) is 73.2 Å². The number of hydrogen-bond acceptors (Lipinski definition) is 3. The Morgan fingerprint density at radius 1 is 0.194 bits per heavy atom. The first kappa shape index (κ1) is 73.0. The predicted molar refractivity (Wildman–Crippen MR) is 525 cm³/mol. The first-order valence-electron chi connectivity index (χ1n) is 42.9. The summed E-state index contributed by atoms with van der Waals surface area (Å²) in [6.45, 7) is 0. The molecule has 4 nitrogen and oxygen atoms in total. The van der Waals surface area contributed by atoms with E-state index in [1.165, 1.54) is 116 Å². The second-order valence-electron chi connectivity index (χ2n) is 32.6. The van der Waals surface area contributed by atoms with Gasteiger partial charge in [-0.2, -0.15) is 0 Å². The predicted octanol–water partition coefficient (Wildman–Crippen LogP) is 32.9. The molecule has 0 amide bonds. The Balaban J connectivity index is 0.547. The quantitative estimate of drug-likeness (QED) is 0.0845. The van der Waals surface area contributed by atoms with Crippen LogP contribution in [-0.2, 0) is 0 Å². The van der Waals surface area contributed by atoms with Crippen molar-refractivity contribution in [1.29, 1.82) is 0 Å². The highest BCUT2D eigenvalue weighted by Gasteiger charge is 2.38. The van der Waals surface area contributed by atoms with E-state index in [1.54, 1.807) is 0 Å². The minimum Gasteiger partial charge on any atom is -0.333 e. The monoisotopic (exact) mass is 1580 g/mol. The second kappa shape index (κ2) is 31.2. The summed E-state index contributed by atoms with van der Waals surface area (Å²) in [7, 11) is 0. The molecule has 0 spiro atoms. The fourth-order valence-corrected chi connectivity index (χ4v) is 19.6. The van der Waals surface area contributed by atoms with E-state index in [0.717, 1.165) is 95.4 Å². The smallest absolute Gasteiger partial charge is 0.0629 e. The van der Waals surface area contributed by atoms with Crippen molar-refractivity contribution >= 4 is 99.6 Å². The number of nitrogens with zero attached hydrogens (tertiary/aromatic N) is 4. The molecule has 2 heterocycles. The SMILES string of the molecule is C1=CC2c3ccccc3N(c3ccccc3-c3ccc(N(c4cccc(-c5cc6cc(-c7ccc(-c8ccc(-c9ccc(N(c%10ccc(-c%11ccccc%11-n%11c%12ccccc%12c%12ccccc%12%11)cc%10)c%10ccc(-c%11cccc%12ccccc%11%12)cc%10)cc9)cc8)cc7)ccc6c6ccccc56)c4)c4ccc(-c5ccccc5)cc4-c4ccccc4)cc3)C2C=C1. The van der Waals surface area contributed by atoms with E-state index in [2.05, 4.69) is 505 Å². The lowest BCUT2D eigenvalue weighted by atomic mass is 9.91. The molecule has 0 fully saturated rings. The number of allylic oxidation sites excluding steroid dienone is 2. The van der Waals surface area contributed by atoms with Gasteiger partial charge in [0.1, 0.15) is 0 Å². The Hall–Kier alpha value is -16.1. The number of anilines is 8. The molecule has 1 aromatic heterocycles. The zero-order valence-corrected chi connectivity index (χ0v) is 68.1. The Bertz CT molecular complexity index is 7640. The summed E-state index contributed by atoms with van der Waals surface area (Å²) in [6.07, 6.45) is 9.12. The van der Waals surface area contributed by atoms with Gasteiger partial charge in [-0.15, -0.1) is 0 Å². The van der Waals surface area contributed by atoms with Gasteiger partial charge in [0.15, 0.2) is 0 Å². The molecular weight excluding hydrogens is 1500 g/mol. The molecule has 2 atom stereocenters. The summed E-state index contributed by atoms with van der Waals surface area (Å²) < 4.78 is 2.42. The molecule has 1 aliphatic heterocycles. The van der Waals surface area contributed by atoms with Crippen molar-refractivity contribution in [3.8, 4) is 106 Å². The summed E-state index contributed by atoms with van der Waals surface area (Å²) in [5.74, 6) is 0.286. The topological polar surface area (TPSA) is 14.7 Å². The molecule has 1 aliphatic carbocycles. The normalized spacial score (nSPS) is 13.4. The lowest BCUT2D eigenvalue weighted by Crippen LogP contribution is -2.28. The molecule has 582 valence electrons. The van der Waals surface area contributed by atoms with Crippen molar-refractivity contribution < 1.29 is 0 Å². The average Bonchev–Trinajstić information content (AvgIpc) is 1.60. The van der Waals surface area contributed by atoms with Gasteiger partial charge in [0.05, 0.1) is 28.5 Å². The van der Waals surface area contributed by atoms with Gasteiger partial charge in [-0.3, -0.25) is 0 Å². The molecule has 0 saturated heterocycles. The summed E-state index contributed by atoms with van der Waals surface area (Å²) in [5.41, 5.74) is 34.7. The maximum Gasteiger partial charge on any atom is 0.0629 e. The van der Waals surface area contributed by atoms with Crippen LogP contribution in [-0.4, -0.2) is 10.6 Å². The molecule has 0 saturated carbocycles. The number of benzene rings is 20. The van der Waals surface area contributed by atoms with Gasteiger partial charge in [-0.1, -0.05) is 370 Å². The lowest BCUT2D eigenvalue weighted by Gasteiger charge is -2.31. The third-order valence-corrected chi connectivity index (χ3v) is 25.5. The fourth-order valence-electron chi connectivity index (χ4n) is 19.6. The van der Waals surface area contributed by atoms with Gasteiger partial charge in [0.2, 0.25) is 0 Å². The third kappa shape index (κ3) is 13.1. The molecule has 23 rings (SSSR count). The Kier molecular flexibility index (Phi) is 18.4. The standard InChI is InChI=1S/C120H82N4/c1-3-25-81(26-4-1)93-66-76-120(113(79-93)88-27-5-2-6-28-88)122(99-73-63-91(64-74-99)105-35-12-18-44-115(105)124-118-47-21-15-40-110(118)111-41-16-22-48-119(111)124)100-32-23-31-94(78-100)112-80-95-77-92(65-75-103(95)106-36-9-10-37-107(106)112)86-55-53-83(54-56-86)82-49-51-84(52-50-82)85-57-67-96(68-58-85)121(97-69-59-89(60-70-97)102-42-24-30-87-29-7-8-33-101(87)102)98-71-61-90(62-72-98)104-34-11-17-43-114(104)123-116-45-19-13-38-108(116)109-39-14-20-46-117(109)123/h1-80,110,118H. The van der Waals surface area contributed by atoms with Crippen LogP contribution in [0.5, 0.6) is 0 Å². The van der Waals surface area contributed by atoms with Crippen LogP contribution in [0.15, 0.2) is 485 Å². The summed E-state index contributed by atoms with van der Waals surface area (Å²) >= 11 is 0. The molecule has 20 aromatic carbocycles. The van der Waals surface area contributed by atoms with Crippen molar-refractivity contribution in [2.24, 2.45) is 0 Å². The highest BCUT2D eigenvalue weighted by molar-refractivity contribution is 6.15. The lowest BCUT2D eigenvalue weighted by molar-refractivity contribution is 0.745. The van der Waals surface area contributed by atoms with Gasteiger partial charge in [0.25, 0.3) is 0 Å². The van der Waals surface area contributed by atoms with Crippen molar-refractivity contribution in [1.82, 2.24) is 4.57 Å². The zero-order valence-electron chi connectivity index (χ0n) is 68.1. The van der Waals surface area contributed by atoms with Crippen molar-refractivity contribution in [2.75, 3.05) is 14.7 Å². The Morgan fingerprint density at radius 2 is 0.605 bits per heavy atom. The first-order valence-corrected chi connectivity index (χ1v) is 42.9. The summed E-state index contributed by atoms with van der Waals surface area (Å²) in [5, 5.41) is 9.81.